The molecule has 7 heteroatoms. The first-order valence-corrected chi connectivity index (χ1v) is 7.71. The van der Waals surface area contributed by atoms with Crippen molar-refractivity contribution in [2.75, 3.05) is 20.8 Å². The Kier molecular flexibility index (Phi) is 6.06. The normalized spacial score (nSPS) is 11.4. The Morgan fingerprint density at radius 1 is 1.25 bits per heavy atom. The Morgan fingerprint density at radius 3 is 2.62 bits per heavy atom. The fourth-order valence-corrected chi connectivity index (χ4v) is 2.39. The average molecular weight is 332 g/mol. The number of rotatable bonds is 7. The van der Waals surface area contributed by atoms with E-state index in [4.69, 9.17) is 19.7 Å². The molecule has 1 aromatic heterocycles. The smallest absolute Gasteiger partial charge is 0.188 e. The number of nitrogens with two attached hydrogens (primary N) is 1. The summed E-state index contributed by atoms with van der Waals surface area (Å²) in [6, 6.07) is 5.67. The molecule has 0 saturated carbocycles. The van der Waals surface area contributed by atoms with Gasteiger partial charge in [-0.15, -0.1) is 0 Å². The molecular formula is C17H24N4O3. The second kappa shape index (κ2) is 8.24. The third kappa shape index (κ3) is 4.41. The first-order valence-electron chi connectivity index (χ1n) is 7.71. The number of hydrogen-bond acceptors (Lipinski definition) is 5. The van der Waals surface area contributed by atoms with Crippen LogP contribution in [0.3, 0.4) is 0 Å². The molecule has 3 N–H and O–H groups in total. The van der Waals surface area contributed by atoms with E-state index >= 15 is 0 Å². The van der Waals surface area contributed by atoms with Gasteiger partial charge in [-0.25, -0.2) is 4.99 Å². The number of nitrogens with zero attached hydrogens (tertiary/aromatic N) is 2. The number of nitrogens with one attached hydrogen (secondary N) is 1. The summed E-state index contributed by atoms with van der Waals surface area (Å²) in [6.45, 7) is 4.97. The molecule has 1 heterocycles. The third-order valence-electron chi connectivity index (χ3n) is 3.74. The number of benzene rings is 1. The van der Waals surface area contributed by atoms with Crippen molar-refractivity contribution in [3.8, 4) is 11.5 Å². The van der Waals surface area contributed by atoms with Crippen LogP contribution in [0.5, 0.6) is 11.5 Å². The minimum Gasteiger partial charge on any atom is -0.493 e. The minimum absolute atomic E-state index is 0.400. The third-order valence-corrected chi connectivity index (χ3v) is 3.74. The SMILES string of the molecule is COc1ccc(CN=C(N)NCCc2c(C)noc2C)cc1OC. The van der Waals surface area contributed by atoms with Gasteiger partial charge in [-0.2, -0.15) is 0 Å². The lowest BCUT2D eigenvalue weighted by molar-refractivity contribution is 0.354. The van der Waals surface area contributed by atoms with Gasteiger partial charge in [0.15, 0.2) is 17.5 Å². The van der Waals surface area contributed by atoms with E-state index in [1.165, 1.54) is 0 Å². The van der Waals surface area contributed by atoms with Gasteiger partial charge < -0.3 is 25.0 Å². The fourth-order valence-electron chi connectivity index (χ4n) is 2.39. The maximum Gasteiger partial charge on any atom is 0.188 e. The number of hydrogen-bond donors (Lipinski definition) is 2. The van der Waals surface area contributed by atoms with Crippen molar-refractivity contribution in [3.05, 3.63) is 40.8 Å². The van der Waals surface area contributed by atoms with Crippen molar-refractivity contribution in [1.29, 1.82) is 0 Å². The highest BCUT2D eigenvalue weighted by atomic mass is 16.5. The van der Waals surface area contributed by atoms with Gasteiger partial charge in [0.1, 0.15) is 5.76 Å². The molecule has 1 aromatic carbocycles. The minimum atomic E-state index is 0.400. The number of guanidine groups is 1. The fraction of sp³-hybridized carbons (Fsp3) is 0.412. The molecular weight excluding hydrogens is 308 g/mol. The van der Waals surface area contributed by atoms with Gasteiger partial charge in [-0.1, -0.05) is 11.2 Å². The maximum atomic E-state index is 5.91. The highest BCUT2D eigenvalue weighted by molar-refractivity contribution is 5.77. The van der Waals surface area contributed by atoms with E-state index in [0.29, 0.717) is 30.5 Å². The summed E-state index contributed by atoms with van der Waals surface area (Å²) in [5.41, 5.74) is 8.92. The Balaban J connectivity index is 1.87. The molecule has 2 aromatic rings. The van der Waals surface area contributed by atoms with Crippen LogP contribution in [0.15, 0.2) is 27.7 Å². The number of methoxy groups -OCH3 is 2. The van der Waals surface area contributed by atoms with Gasteiger partial charge in [0.05, 0.1) is 26.5 Å². The Labute approximate surface area is 141 Å². The predicted molar refractivity (Wildman–Crippen MR) is 92.6 cm³/mol. The summed E-state index contributed by atoms with van der Waals surface area (Å²) in [4.78, 5) is 4.34. The van der Waals surface area contributed by atoms with Crippen LogP contribution in [0, 0.1) is 13.8 Å². The molecule has 130 valence electrons. The van der Waals surface area contributed by atoms with Crippen LogP contribution in [-0.2, 0) is 13.0 Å². The zero-order chi connectivity index (χ0) is 17.5. The quantitative estimate of drug-likeness (QED) is 0.594. The number of aryl methyl sites for hydroxylation is 2. The zero-order valence-electron chi connectivity index (χ0n) is 14.5. The molecule has 0 atom stereocenters. The number of aromatic nitrogens is 1. The summed E-state index contributed by atoms with van der Waals surface area (Å²) < 4.78 is 15.6. The first kappa shape index (κ1) is 17.7. The van der Waals surface area contributed by atoms with E-state index in [0.717, 1.165) is 29.0 Å². The maximum absolute atomic E-state index is 5.91. The summed E-state index contributed by atoms with van der Waals surface area (Å²) in [7, 11) is 3.21. The molecule has 0 spiro atoms. The second-order valence-corrected chi connectivity index (χ2v) is 5.37. The van der Waals surface area contributed by atoms with Gasteiger partial charge in [0.2, 0.25) is 0 Å². The van der Waals surface area contributed by atoms with Crippen LogP contribution in [0.2, 0.25) is 0 Å². The largest absolute Gasteiger partial charge is 0.493 e. The van der Waals surface area contributed by atoms with Crippen molar-refractivity contribution >= 4 is 5.96 Å². The van der Waals surface area contributed by atoms with Gasteiger partial charge in [0.25, 0.3) is 0 Å². The molecule has 0 unspecified atom stereocenters. The van der Waals surface area contributed by atoms with Crippen LogP contribution in [0.25, 0.3) is 0 Å². The van der Waals surface area contributed by atoms with Crippen molar-refractivity contribution < 1.29 is 14.0 Å². The van der Waals surface area contributed by atoms with Crippen molar-refractivity contribution in [1.82, 2.24) is 10.5 Å². The molecule has 0 radical (unpaired) electrons. The van der Waals surface area contributed by atoms with E-state index in [-0.39, 0.29) is 0 Å². The zero-order valence-corrected chi connectivity index (χ0v) is 14.5. The number of ether oxygens (including phenoxy) is 2. The van der Waals surface area contributed by atoms with E-state index in [1.54, 1.807) is 14.2 Å². The van der Waals surface area contributed by atoms with Gasteiger partial charge in [-0.3, -0.25) is 0 Å². The summed E-state index contributed by atoms with van der Waals surface area (Å²) >= 11 is 0. The van der Waals surface area contributed by atoms with Crippen molar-refractivity contribution in [2.24, 2.45) is 10.7 Å². The standard InChI is InChI=1S/C17H24N4O3/c1-11-14(12(2)24-21-11)7-8-19-17(18)20-10-13-5-6-15(22-3)16(9-13)23-4/h5-6,9H,7-8,10H2,1-4H3,(H3,18,19,20). The van der Waals surface area contributed by atoms with Crippen LogP contribution in [0.1, 0.15) is 22.6 Å². The van der Waals surface area contributed by atoms with E-state index in [1.807, 2.05) is 32.0 Å². The van der Waals surface area contributed by atoms with Crippen LogP contribution in [0.4, 0.5) is 0 Å². The van der Waals surface area contributed by atoms with Crippen LogP contribution in [-0.4, -0.2) is 31.9 Å². The van der Waals surface area contributed by atoms with Crippen molar-refractivity contribution in [2.45, 2.75) is 26.8 Å². The van der Waals surface area contributed by atoms with Gasteiger partial charge >= 0.3 is 0 Å². The topological polar surface area (TPSA) is 94.9 Å². The average Bonchev–Trinajstić information content (AvgIpc) is 2.91. The predicted octanol–water partition coefficient (Wildman–Crippen LogP) is 1.96. The van der Waals surface area contributed by atoms with Crippen LogP contribution < -0.4 is 20.5 Å². The molecule has 0 aliphatic carbocycles. The summed E-state index contributed by atoms with van der Waals surface area (Å²) in [6.07, 6.45) is 0.785. The van der Waals surface area contributed by atoms with Crippen molar-refractivity contribution in [3.63, 3.8) is 0 Å². The monoisotopic (exact) mass is 332 g/mol. The van der Waals surface area contributed by atoms with E-state index in [2.05, 4.69) is 15.5 Å². The summed E-state index contributed by atoms with van der Waals surface area (Å²) in [5.74, 6) is 2.61. The molecule has 0 aliphatic rings. The first-order chi connectivity index (χ1) is 11.5. The van der Waals surface area contributed by atoms with Gasteiger partial charge in [-0.05, 0) is 38.0 Å². The lowest BCUT2D eigenvalue weighted by atomic mass is 10.1. The number of aliphatic imine (C=N–C) groups is 1. The van der Waals surface area contributed by atoms with E-state index < -0.39 is 0 Å². The molecule has 0 fully saturated rings. The Bertz CT molecular complexity index is 690. The highest BCUT2D eigenvalue weighted by Gasteiger charge is 2.08. The van der Waals surface area contributed by atoms with Gasteiger partial charge in [0, 0.05) is 12.1 Å². The Hall–Kier alpha value is -2.70. The molecule has 0 amide bonds. The molecule has 0 bridgehead atoms. The lowest BCUT2D eigenvalue weighted by Crippen LogP contribution is -2.33. The molecule has 24 heavy (non-hydrogen) atoms. The lowest BCUT2D eigenvalue weighted by Gasteiger charge is -2.09. The van der Waals surface area contributed by atoms with Crippen LogP contribution >= 0.6 is 0 Å². The molecule has 2 rings (SSSR count). The second-order valence-electron chi connectivity index (χ2n) is 5.37. The molecule has 0 saturated heterocycles. The highest BCUT2D eigenvalue weighted by Crippen LogP contribution is 2.27. The molecule has 7 nitrogen and oxygen atoms in total. The Morgan fingerprint density at radius 2 is 2.00 bits per heavy atom. The summed E-state index contributed by atoms with van der Waals surface area (Å²) in [5, 5.41) is 7.03. The molecule has 0 aliphatic heterocycles. The van der Waals surface area contributed by atoms with E-state index in [9.17, 15) is 0 Å².